The van der Waals surface area contributed by atoms with Crippen LogP contribution < -0.4 is 5.32 Å². The molecule has 2 nitrogen and oxygen atoms in total. The lowest BCUT2D eigenvalue weighted by Crippen LogP contribution is -2.29. The number of anilines is 1. The molecule has 24 heavy (non-hydrogen) atoms. The Morgan fingerprint density at radius 2 is 1.88 bits per heavy atom. The Morgan fingerprint density at radius 1 is 1.17 bits per heavy atom. The van der Waals surface area contributed by atoms with Gasteiger partial charge in [-0.3, -0.25) is 0 Å². The Bertz CT molecular complexity index is 740. The SMILES string of the molecule is CC(=O)CC1Cc2cc(C(F)(F)F)ccc2N[C@H]1c1ccccc1. The van der Waals surface area contributed by atoms with Crippen LogP contribution in [0.2, 0.25) is 0 Å². The van der Waals surface area contributed by atoms with Gasteiger partial charge in [-0.2, -0.15) is 13.2 Å². The van der Waals surface area contributed by atoms with Gasteiger partial charge in [0.1, 0.15) is 5.78 Å². The maximum Gasteiger partial charge on any atom is 0.416 e. The summed E-state index contributed by atoms with van der Waals surface area (Å²) in [6, 6.07) is 13.4. The molecule has 1 unspecified atom stereocenters. The van der Waals surface area contributed by atoms with Crippen molar-refractivity contribution in [3.63, 3.8) is 0 Å². The van der Waals surface area contributed by atoms with E-state index in [9.17, 15) is 18.0 Å². The first kappa shape index (κ1) is 16.6. The minimum atomic E-state index is -4.36. The van der Waals surface area contributed by atoms with E-state index in [4.69, 9.17) is 0 Å². The minimum absolute atomic E-state index is 0.0400. The van der Waals surface area contributed by atoms with E-state index in [2.05, 4.69) is 5.32 Å². The molecule has 2 aromatic rings. The number of hydrogen-bond acceptors (Lipinski definition) is 2. The van der Waals surface area contributed by atoms with Crippen molar-refractivity contribution in [2.75, 3.05) is 5.32 Å². The summed E-state index contributed by atoms with van der Waals surface area (Å²) in [6.45, 7) is 1.52. The van der Waals surface area contributed by atoms with E-state index in [0.717, 1.165) is 11.6 Å². The molecule has 3 rings (SSSR count). The molecule has 0 saturated heterocycles. The zero-order valence-electron chi connectivity index (χ0n) is 13.2. The van der Waals surface area contributed by atoms with E-state index in [1.807, 2.05) is 30.3 Å². The van der Waals surface area contributed by atoms with Crippen LogP contribution in [0.5, 0.6) is 0 Å². The number of carbonyl (C=O) groups is 1. The quantitative estimate of drug-likeness (QED) is 0.855. The van der Waals surface area contributed by atoms with E-state index in [0.29, 0.717) is 24.1 Å². The van der Waals surface area contributed by atoms with Crippen molar-refractivity contribution in [2.24, 2.45) is 5.92 Å². The van der Waals surface area contributed by atoms with Crippen LogP contribution in [0.1, 0.15) is 36.1 Å². The van der Waals surface area contributed by atoms with Crippen molar-refractivity contribution in [2.45, 2.75) is 32.0 Å². The van der Waals surface area contributed by atoms with E-state index >= 15 is 0 Å². The molecule has 5 heteroatoms. The van der Waals surface area contributed by atoms with Crippen LogP contribution in [0.25, 0.3) is 0 Å². The maximum atomic E-state index is 12.9. The van der Waals surface area contributed by atoms with Crippen molar-refractivity contribution in [1.82, 2.24) is 0 Å². The summed E-state index contributed by atoms with van der Waals surface area (Å²) in [5, 5.41) is 3.33. The zero-order valence-corrected chi connectivity index (χ0v) is 13.2. The highest BCUT2D eigenvalue weighted by molar-refractivity contribution is 5.76. The minimum Gasteiger partial charge on any atom is -0.378 e. The first-order valence-electron chi connectivity index (χ1n) is 7.85. The monoisotopic (exact) mass is 333 g/mol. The molecule has 0 bridgehead atoms. The third kappa shape index (κ3) is 3.45. The second-order valence-corrected chi connectivity index (χ2v) is 6.27. The maximum absolute atomic E-state index is 12.9. The van der Waals surface area contributed by atoms with Gasteiger partial charge in [0.25, 0.3) is 0 Å². The molecule has 1 aliphatic rings. The van der Waals surface area contributed by atoms with Crippen LogP contribution in [-0.2, 0) is 17.4 Å². The van der Waals surface area contributed by atoms with Crippen LogP contribution in [0.4, 0.5) is 18.9 Å². The van der Waals surface area contributed by atoms with Crippen LogP contribution in [0.3, 0.4) is 0 Å². The molecule has 0 spiro atoms. The normalized spacial score (nSPS) is 20.2. The Balaban J connectivity index is 1.97. The van der Waals surface area contributed by atoms with Crippen molar-refractivity contribution in [3.8, 4) is 0 Å². The van der Waals surface area contributed by atoms with Gasteiger partial charge >= 0.3 is 6.18 Å². The second kappa shape index (κ2) is 6.30. The number of benzene rings is 2. The van der Waals surface area contributed by atoms with Gasteiger partial charge in [-0.05, 0) is 48.6 Å². The largest absolute Gasteiger partial charge is 0.416 e. The molecule has 0 saturated carbocycles. The van der Waals surface area contributed by atoms with Gasteiger partial charge < -0.3 is 10.1 Å². The first-order valence-corrected chi connectivity index (χ1v) is 7.85. The standard InChI is InChI=1S/C19H18F3NO/c1-12(24)9-15-10-14-11-16(19(20,21)22)7-8-17(14)23-18(15)13-5-3-2-4-6-13/h2-8,11,15,18,23H,9-10H2,1H3/t15?,18-/m0/s1. The number of nitrogens with one attached hydrogen (secondary N) is 1. The summed E-state index contributed by atoms with van der Waals surface area (Å²) >= 11 is 0. The summed E-state index contributed by atoms with van der Waals surface area (Å²) in [4.78, 5) is 11.6. The third-order valence-corrected chi connectivity index (χ3v) is 4.41. The fraction of sp³-hybridized carbons (Fsp3) is 0.316. The van der Waals surface area contributed by atoms with Crippen molar-refractivity contribution in [1.29, 1.82) is 0 Å². The van der Waals surface area contributed by atoms with E-state index < -0.39 is 11.7 Å². The van der Waals surface area contributed by atoms with E-state index in [1.165, 1.54) is 19.1 Å². The van der Waals surface area contributed by atoms with Gasteiger partial charge in [-0.25, -0.2) is 0 Å². The van der Waals surface area contributed by atoms with Crippen molar-refractivity contribution >= 4 is 11.5 Å². The molecule has 0 aromatic heterocycles. The highest BCUT2D eigenvalue weighted by atomic mass is 19.4. The number of carbonyl (C=O) groups excluding carboxylic acids is 1. The Kier molecular flexibility index (Phi) is 4.35. The van der Waals surface area contributed by atoms with Crippen LogP contribution in [-0.4, -0.2) is 5.78 Å². The lowest BCUT2D eigenvalue weighted by Gasteiger charge is -2.35. The van der Waals surface area contributed by atoms with Crippen molar-refractivity contribution in [3.05, 3.63) is 65.2 Å². The van der Waals surface area contributed by atoms with Gasteiger partial charge in [0.2, 0.25) is 0 Å². The number of rotatable bonds is 3. The molecule has 0 radical (unpaired) electrons. The average molecular weight is 333 g/mol. The number of hydrogen-bond donors (Lipinski definition) is 1. The molecule has 126 valence electrons. The molecule has 0 aliphatic carbocycles. The average Bonchev–Trinajstić information content (AvgIpc) is 2.53. The van der Waals surface area contributed by atoms with Crippen LogP contribution in [0, 0.1) is 5.92 Å². The fourth-order valence-corrected chi connectivity index (χ4v) is 3.34. The van der Waals surface area contributed by atoms with Gasteiger partial charge in [-0.15, -0.1) is 0 Å². The van der Waals surface area contributed by atoms with Gasteiger partial charge in [-0.1, -0.05) is 30.3 Å². The number of fused-ring (bicyclic) bond motifs is 1. The summed E-state index contributed by atoms with van der Waals surface area (Å²) in [5.41, 5.74) is 1.71. The Hall–Kier alpha value is -2.30. The summed E-state index contributed by atoms with van der Waals surface area (Å²) in [7, 11) is 0. The number of ketones is 1. The number of halogens is 3. The molecular weight excluding hydrogens is 315 g/mol. The lowest BCUT2D eigenvalue weighted by atomic mass is 9.80. The molecule has 2 aromatic carbocycles. The predicted octanol–water partition coefficient (Wildman–Crippen LogP) is 5.01. The number of Topliss-reactive ketones (excluding diaryl/α,β-unsaturated/α-hetero) is 1. The Morgan fingerprint density at radius 3 is 2.50 bits per heavy atom. The molecule has 0 amide bonds. The fourth-order valence-electron chi connectivity index (χ4n) is 3.34. The third-order valence-electron chi connectivity index (χ3n) is 4.41. The van der Waals surface area contributed by atoms with Crippen molar-refractivity contribution < 1.29 is 18.0 Å². The molecule has 0 fully saturated rings. The van der Waals surface area contributed by atoms with Gasteiger partial charge in [0, 0.05) is 12.1 Å². The second-order valence-electron chi connectivity index (χ2n) is 6.27. The van der Waals surface area contributed by atoms with Crippen LogP contribution in [0.15, 0.2) is 48.5 Å². The van der Waals surface area contributed by atoms with Gasteiger partial charge in [0.05, 0.1) is 11.6 Å². The lowest BCUT2D eigenvalue weighted by molar-refractivity contribution is -0.137. The molecule has 2 atom stereocenters. The smallest absolute Gasteiger partial charge is 0.378 e. The summed E-state index contributed by atoms with van der Waals surface area (Å²) in [6.07, 6.45) is -3.57. The Labute approximate surface area is 138 Å². The zero-order chi connectivity index (χ0) is 17.3. The van der Waals surface area contributed by atoms with Crippen LogP contribution >= 0.6 is 0 Å². The topological polar surface area (TPSA) is 29.1 Å². The highest BCUT2D eigenvalue weighted by Crippen LogP contribution is 2.40. The summed E-state index contributed by atoms with van der Waals surface area (Å²) in [5.74, 6) is -0.0287. The molecule has 1 aliphatic heterocycles. The summed E-state index contributed by atoms with van der Waals surface area (Å²) < 4.78 is 38.8. The molecule has 1 N–H and O–H groups in total. The molecule has 1 heterocycles. The molecular formula is C19H18F3NO. The van der Waals surface area contributed by atoms with E-state index in [1.54, 1.807) is 0 Å². The first-order chi connectivity index (χ1) is 11.3. The van der Waals surface area contributed by atoms with E-state index in [-0.39, 0.29) is 17.7 Å². The predicted molar refractivity (Wildman–Crippen MR) is 86.7 cm³/mol. The highest BCUT2D eigenvalue weighted by Gasteiger charge is 2.34. The number of alkyl halides is 3. The van der Waals surface area contributed by atoms with Gasteiger partial charge in [0.15, 0.2) is 0 Å².